The lowest BCUT2D eigenvalue weighted by Crippen LogP contribution is -2.46. The molecule has 1 unspecified atom stereocenters. The lowest BCUT2D eigenvalue weighted by molar-refractivity contribution is 0.0177. The zero-order valence-corrected chi connectivity index (χ0v) is 17.8. The molecular weight excluding hydrogens is 391 g/mol. The minimum atomic E-state index is -0.348. The molecule has 0 saturated carbocycles. The summed E-state index contributed by atoms with van der Waals surface area (Å²) in [6, 6.07) is 9.54. The number of ether oxygens (including phenoxy) is 2. The standard InChI is InChI=1S/C21H29FN4O2S/c1-3-28-19-7-6-16(13-17(19)22)14-24-21(23-2)25-15-18(20-5-4-12-29-20)26-8-10-27-11-9-26/h4-7,12-13,18H,3,8-11,14-15H2,1-2H3,(H2,23,24,25). The lowest BCUT2D eigenvalue weighted by Gasteiger charge is -2.34. The SMILES string of the molecule is CCOc1ccc(CNC(=NC)NCC(c2cccs2)N2CCOCC2)cc1F. The van der Waals surface area contributed by atoms with Crippen LogP contribution in [0.25, 0.3) is 0 Å². The van der Waals surface area contributed by atoms with Gasteiger partial charge in [0, 0.05) is 38.1 Å². The van der Waals surface area contributed by atoms with Gasteiger partial charge in [-0.15, -0.1) is 11.3 Å². The van der Waals surface area contributed by atoms with E-state index >= 15 is 0 Å². The Morgan fingerprint density at radius 2 is 2.14 bits per heavy atom. The molecule has 1 aliphatic heterocycles. The van der Waals surface area contributed by atoms with E-state index in [4.69, 9.17) is 9.47 Å². The van der Waals surface area contributed by atoms with Gasteiger partial charge in [-0.1, -0.05) is 12.1 Å². The van der Waals surface area contributed by atoms with Crippen molar-refractivity contribution in [2.75, 3.05) is 46.5 Å². The summed E-state index contributed by atoms with van der Waals surface area (Å²) < 4.78 is 24.8. The molecule has 1 fully saturated rings. The molecule has 0 radical (unpaired) electrons. The van der Waals surface area contributed by atoms with Gasteiger partial charge in [0.05, 0.1) is 25.9 Å². The lowest BCUT2D eigenvalue weighted by atomic mass is 10.2. The summed E-state index contributed by atoms with van der Waals surface area (Å²) in [6.45, 7) is 6.85. The predicted octanol–water partition coefficient (Wildman–Crippen LogP) is 3.02. The third kappa shape index (κ3) is 6.16. The number of nitrogens with zero attached hydrogens (tertiary/aromatic N) is 2. The van der Waals surface area contributed by atoms with Gasteiger partial charge in [-0.2, -0.15) is 0 Å². The van der Waals surface area contributed by atoms with Crippen LogP contribution in [0.15, 0.2) is 40.7 Å². The van der Waals surface area contributed by atoms with Crippen LogP contribution in [0.4, 0.5) is 4.39 Å². The van der Waals surface area contributed by atoms with Crippen molar-refractivity contribution in [3.05, 3.63) is 52.0 Å². The topological polar surface area (TPSA) is 58.1 Å². The third-order valence-corrected chi connectivity index (χ3v) is 5.77. The second kappa shape index (κ2) is 11.1. The molecule has 6 nitrogen and oxygen atoms in total. The van der Waals surface area contributed by atoms with E-state index in [9.17, 15) is 4.39 Å². The number of thiophene rings is 1. The summed E-state index contributed by atoms with van der Waals surface area (Å²) in [7, 11) is 1.74. The monoisotopic (exact) mass is 420 g/mol. The zero-order chi connectivity index (χ0) is 20.5. The maximum Gasteiger partial charge on any atom is 0.191 e. The Balaban J connectivity index is 1.56. The van der Waals surface area contributed by atoms with Gasteiger partial charge >= 0.3 is 0 Å². The van der Waals surface area contributed by atoms with Crippen LogP contribution in [0.3, 0.4) is 0 Å². The van der Waals surface area contributed by atoms with Crippen LogP contribution in [0.1, 0.15) is 23.4 Å². The van der Waals surface area contributed by atoms with E-state index in [1.54, 1.807) is 24.5 Å². The van der Waals surface area contributed by atoms with E-state index in [-0.39, 0.29) is 17.6 Å². The summed E-state index contributed by atoms with van der Waals surface area (Å²) >= 11 is 1.76. The van der Waals surface area contributed by atoms with Crippen molar-refractivity contribution in [1.82, 2.24) is 15.5 Å². The summed E-state index contributed by atoms with van der Waals surface area (Å²) in [5.74, 6) is 0.622. The molecule has 8 heteroatoms. The first-order valence-corrected chi connectivity index (χ1v) is 10.8. The maximum atomic E-state index is 14.0. The van der Waals surface area contributed by atoms with Crippen LogP contribution in [0.5, 0.6) is 5.75 Å². The molecule has 158 valence electrons. The molecule has 1 aromatic heterocycles. The van der Waals surface area contributed by atoms with Gasteiger partial charge in [-0.25, -0.2) is 4.39 Å². The van der Waals surface area contributed by atoms with E-state index < -0.39 is 0 Å². The highest BCUT2D eigenvalue weighted by molar-refractivity contribution is 7.10. The van der Waals surface area contributed by atoms with Crippen molar-refractivity contribution < 1.29 is 13.9 Å². The molecule has 2 heterocycles. The molecule has 2 aromatic rings. The predicted molar refractivity (Wildman–Crippen MR) is 115 cm³/mol. The van der Waals surface area contributed by atoms with Crippen LogP contribution in [-0.2, 0) is 11.3 Å². The summed E-state index contributed by atoms with van der Waals surface area (Å²) in [5.41, 5.74) is 0.830. The van der Waals surface area contributed by atoms with E-state index in [0.29, 0.717) is 19.1 Å². The molecule has 0 aliphatic carbocycles. The Hall–Kier alpha value is -2.16. The van der Waals surface area contributed by atoms with Crippen LogP contribution in [0, 0.1) is 5.82 Å². The summed E-state index contributed by atoms with van der Waals surface area (Å²) in [4.78, 5) is 8.07. The van der Waals surface area contributed by atoms with Crippen molar-refractivity contribution in [2.24, 2.45) is 4.99 Å². The highest BCUT2D eigenvalue weighted by Crippen LogP contribution is 2.25. The minimum absolute atomic E-state index is 0.264. The first-order chi connectivity index (χ1) is 14.2. The fraction of sp³-hybridized carbons (Fsp3) is 0.476. The minimum Gasteiger partial charge on any atom is -0.491 e. The largest absolute Gasteiger partial charge is 0.491 e. The van der Waals surface area contributed by atoms with Gasteiger partial charge in [0.15, 0.2) is 17.5 Å². The van der Waals surface area contributed by atoms with Gasteiger partial charge in [-0.3, -0.25) is 9.89 Å². The van der Waals surface area contributed by atoms with Crippen molar-refractivity contribution in [3.8, 4) is 5.75 Å². The van der Waals surface area contributed by atoms with Crippen molar-refractivity contribution in [2.45, 2.75) is 19.5 Å². The van der Waals surface area contributed by atoms with Gasteiger partial charge < -0.3 is 20.1 Å². The Morgan fingerprint density at radius 3 is 2.79 bits per heavy atom. The van der Waals surface area contributed by atoms with Crippen molar-refractivity contribution in [1.29, 1.82) is 0 Å². The molecule has 3 rings (SSSR count). The molecule has 0 amide bonds. The molecule has 1 aromatic carbocycles. The van der Waals surface area contributed by atoms with Gasteiger partial charge in [-0.05, 0) is 36.1 Å². The Morgan fingerprint density at radius 1 is 1.31 bits per heavy atom. The summed E-state index contributed by atoms with van der Waals surface area (Å²) in [5, 5.41) is 8.78. The normalized spacial score (nSPS) is 16.4. The molecule has 1 atom stereocenters. The fourth-order valence-corrected chi connectivity index (χ4v) is 4.17. The smallest absolute Gasteiger partial charge is 0.191 e. The average molecular weight is 421 g/mol. The highest BCUT2D eigenvalue weighted by Gasteiger charge is 2.23. The van der Waals surface area contributed by atoms with Crippen LogP contribution in [0.2, 0.25) is 0 Å². The molecule has 1 aliphatic rings. The van der Waals surface area contributed by atoms with E-state index in [0.717, 1.165) is 38.4 Å². The quantitative estimate of drug-likeness (QED) is 0.508. The van der Waals surface area contributed by atoms with E-state index in [2.05, 4.69) is 38.0 Å². The zero-order valence-electron chi connectivity index (χ0n) is 17.0. The Labute approximate surface area is 175 Å². The molecular formula is C21H29FN4O2S. The summed E-state index contributed by atoms with van der Waals surface area (Å²) in [6.07, 6.45) is 0. The van der Waals surface area contributed by atoms with E-state index in [1.807, 2.05) is 13.0 Å². The Kier molecular flexibility index (Phi) is 8.27. The average Bonchev–Trinajstić information content (AvgIpc) is 3.28. The van der Waals surface area contributed by atoms with Gasteiger partial charge in [0.1, 0.15) is 0 Å². The number of halogens is 1. The number of nitrogens with one attached hydrogen (secondary N) is 2. The van der Waals surface area contributed by atoms with Gasteiger partial charge in [0.2, 0.25) is 0 Å². The molecule has 0 bridgehead atoms. The second-order valence-corrected chi connectivity index (χ2v) is 7.66. The van der Waals surface area contributed by atoms with Crippen molar-refractivity contribution >= 4 is 17.3 Å². The van der Waals surface area contributed by atoms with E-state index in [1.165, 1.54) is 10.9 Å². The van der Waals surface area contributed by atoms with Crippen LogP contribution >= 0.6 is 11.3 Å². The number of guanidine groups is 1. The number of hydrogen-bond donors (Lipinski definition) is 2. The van der Waals surface area contributed by atoms with Crippen LogP contribution in [-0.4, -0.2) is 57.4 Å². The molecule has 2 N–H and O–H groups in total. The Bertz CT molecular complexity index is 779. The maximum absolute atomic E-state index is 14.0. The number of hydrogen-bond acceptors (Lipinski definition) is 5. The van der Waals surface area contributed by atoms with Crippen LogP contribution < -0.4 is 15.4 Å². The fourth-order valence-electron chi connectivity index (χ4n) is 3.31. The number of morpholine rings is 1. The molecule has 1 saturated heterocycles. The third-order valence-electron chi connectivity index (χ3n) is 4.80. The number of benzene rings is 1. The first kappa shape index (κ1) is 21.5. The number of aliphatic imine (C=N–C) groups is 1. The van der Waals surface area contributed by atoms with Gasteiger partial charge in [0.25, 0.3) is 0 Å². The molecule has 29 heavy (non-hydrogen) atoms. The first-order valence-electron chi connectivity index (χ1n) is 9.92. The number of rotatable bonds is 8. The molecule has 0 spiro atoms. The second-order valence-electron chi connectivity index (χ2n) is 6.68. The van der Waals surface area contributed by atoms with Crippen molar-refractivity contribution in [3.63, 3.8) is 0 Å². The highest BCUT2D eigenvalue weighted by atomic mass is 32.1.